The molecule has 122 valence electrons. The SMILES string of the molecule is CS[C@@H]1[C@H](NC(=O)COC(C)=O)C(=O)N1C(C(=O)O)=C(C)C. The minimum absolute atomic E-state index is 0.0881. The molecule has 1 heterocycles. The predicted octanol–water partition coefficient (Wildman–Crippen LogP) is -0.0559. The fraction of sp³-hybridized carbons (Fsp3) is 0.538. The number of esters is 1. The van der Waals surface area contributed by atoms with E-state index < -0.39 is 41.8 Å². The van der Waals surface area contributed by atoms with Gasteiger partial charge < -0.3 is 15.2 Å². The molecule has 0 bridgehead atoms. The number of β-lactam (4-membered cyclic amide) rings is 1. The smallest absolute Gasteiger partial charge is 0.352 e. The molecule has 0 spiro atoms. The van der Waals surface area contributed by atoms with E-state index in [0.29, 0.717) is 5.57 Å². The third kappa shape index (κ3) is 3.79. The number of ether oxygens (including phenoxy) is 1. The number of amides is 2. The largest absolute Gasteiger partial charge is 0.477 e. The molecule has 2 N–H and O–H groups in total. The van der Waals surface area contributed by atoms with Crippen LogP contribution in [0.25, 0.3) is 0 Å². The van der Waals surface area contributed by atoms with E-state index in [9.17, 15) is 24.3 Å². The van der Waals surface area contributed by atoms with Crippen molar-refractivity contribution in [3.63, 3.8) is 0 Å². The lowest BCUT2D eigenvalue weighted by atomic mass is 10.0. The van der Waals surface area contributed by atoms with Crippen LogP contribution in [0, 0.1) is 0 Å². The van der Waals surface area contributed by atoms with Gasteiger partial charge in [-0.2, -0.15) is 0 Å². The zero-order valence-corrected chi connectivity index (χ0v) is 13.5. The van der Waals surface area contributed by atoms with Crippen LogP contribution in [-0.2, 0) is 23.9 Å². The Labute approximate surface area is 131 Å². The average Bonchev–Trinajstić information content (AvgIpc) is 2.42. The molecule has 0 radical (unpaired) electrons. The summed E-state index contributed by atoms with van der Waals surface area (Å²) in [6.45, 7) is 3.89. The number of carbonyl (C=O) groups excluding carboxylic acids is 3. The van der Waals surface area contributed by atoms with Crippen molar-refractivity contribution in [3.8, 4) is 0 Å². The Morgan fingerprint density at radius 2 is 1.91 bits per heavy atom. The summed E-state index contributed by atoms with van der Waals surface area (Å²) < 4.78 is 4.54. The monoisotopic (exact) mass is 330 g/mol. The third-order valence-corrected chi connectivity index (χ3v) is 3.89. The topological polar surface area (TPSA) is 113 Å². The van der Waals surface area contributed by atoms with Gasteiger partial charge >= 0.3 is 11.9 Å². The number of carbonyl (C=O) groups is 4. The molecule has 2 amide bonds. The van der Waals surface area contributed by atoms with E-state index in [2.05, 4.69) is 10.1 Å². The molecule has 0 aromatic carbocycles. The second-order valence-corrected chi connectivity index (χ2v) is 5.77. The van der Waals surface area contributed by atoms with Crippen LogP contribution in [0.3, 0.4) is 0 Å². The van der Waals surface area contributed by atoms with Crippen LogP contribution in [0.5, 0.6) is 0 Å². The van der Waals surface area contributed by atoms with E-state index in [0.717, 1.165) is 4.90 Å². The first-order valence-corrected chi connectivity index (χ1v) is 7.68. The number of carboxylic acid groups (broad SMARTS) is 1. The van der Waals surface area contributed by atoms with Crippen molar-refractivity contribution >= 4 is 35.5 Å². The minimum atomic E-state index is -1.20. The van der Waals surface area contributed by atoms with Gasteiger partial charge in [0.05, 0.1) is 0 Å². The number of likely N-dealkylation sites (tertiary alicyclic amines) is 1. The van der Waals surface area contributed by atoms with Crippen molar-refractivity contribution in [2.45, 2.75) is 32.2 Å². The van der Waals surface area contributed by atoms with Gasteiger partial charge in [-0.05, 0) is 25.7 Å². The highest BCUT2D eigenvalue weighted by atomic mass is 32.2. The molecular weight excluding hydrogens is 312 g/mol. The van der Waals surface area contributed by atoms with E-state index in [1.165, 1.54) is 18.7 Å². The highest BCUT2D eigenvalue weighted by molar-refractivity contribution is 7.99. The summed E-state index contributed by atoms with van der Waals surface area (Å²) in [5, 5.41) is 11.1. The maximum Gasteiger partial charge on any atom is 0.352 e. The van der Waals surface area contributed by atoms with E-state index in [-0.39, 0.29) is 5.70 Å². The molecule has 0 aliphatic carbocycles. The first kappa shape index (κ1) is 18.0. The number of aliphatic carboxylic acids is 1. The molecule has 8 nitrogen and oxygen atoms in total. The summed E-state index contributed by atoms with van der Waals surface area (Å²) in [5.41, 5.74) is 0.402. The number of nitrogens with zero attached hydrogens (tertiary/aromatic N) is 1. The zero-order chi connectivity index (χ0) is 17.0. The number of hydrogen-bond acceptors (Lipinski definition) is 6. The minimum Gasteiger partial charge on any atom is -0.477 e. The second-order valence-electron chi connectivity index (χ2n) is 4.81. The Morgan fingerprint density at radius 1 is 1.32 bits per heavy atom. The third-order valence-electron chi connectivity index (χ3n) is 2.92. The Hall–Kier alpha value is -2.03. The van der Waals surface area contributed by atoms with Crippen molar-refractivity contribution in [1.29, 1.82) is 0 Å². The predicted molar refractivity (Wildman–Crippen MR) is 78.7 cm³/mol. The van der Waals surface area contributed by atoms with Crippen LogP contribution >= 0.6 is 11.8 Å². The lowest BCUT2D eigenvalue weighted by Gasteiger charge is -2.46. The summed E-state index contributed by atoms with van der Waals surface area (Å²) in [6.07, 6.45) is 1.71. The summed E-state index contributed by atoms with van der Waals surface area (Å²) in [7, 11) is 0. The first-order valence-electron chi connectivity index (χ1n) is 6.40. The van der Waals surface area contributed by atoms with Crippen molar-refractivity contribution in [3.05, 3.63) is 11.3 Å². The van der Waals surface area contributed by atoms with Crippen LogP contribution in [0.1, 0.15) is 20.8 Å². The van der Waals surface area contributed by atoms with Gasteiger partial charge in [0.1, 0.15) is 17.1 Å². The summed E-state index contributed by atoms with van der Waals surface area (Å²) in [6, 6.07) is -0.841. The van der Waals surface area contributed by atoms with Crippen LogP contribution in [0.4, 0.5) is 0 Å². The molecule has 1 aliphatic heterocycles. The van der Waals surface area contributed by atoms with E-state index >= 15 is 0 Å². The fourth-order valence-corrected chi connectivity index (χ4v) is 2.89. The van der Waals surface area contributed by atoms with Crippen LogP contribution in [0.15, 0.2) is 11.3 Å². The molecule has 0 unspecified atom stereocenters. The molecule has 0 aromatic heterocycles. The average molecular weight is 330 g/mol. The number of carboxylic acids is 1. The summed E-state index contributed by atoms with van der Waals surface area (Å²) >= 11 is 1.25. The van der Waals surface area contributed by atoms with Gasteiger partial charge in [0.15, 0.2) is 6.61 Å². The van der Waals surface area contributed by atoms with Crippen molar-refractivity contribution in [2.75, 3.05) is 12.9 Å². The van der Waals surface area contributed by atoms with Crippen LogP contribution < -0.4 is 5.32 Å². The zero-order valence-electron chi connectivity index (χ0n) is 12.7. The number of thioether (sulfide) groups is 1. The molecular formula is C13H18N2O6S. The number of rotatable bonds is 6. The van der Waals surface area contributed by atoms with Gasteiger partial charge in [-0.1, -0.05) is 0 Å². The number of hydrogen-bond donors (Lipinski definition) is 2. The maximum atomic E-state index is 12.1. The molecule has 22 heavy (non-hydrogen) atoms. The molecule has 1 fully saturated rings. The number of nitrogens with one attached hydrogen (secondary N) is 1. The molecule has 0 aromatic rings. The fourth-order valence-electron chi connectivity index (χ4n) is 2.02. The van der Waals surface area contributed by atoms with Crippen molar-refractivity contribution in [2.24, 2.45) is 0 Å². The van der Waals surface area contributed by atoms with Crippen molar-refractivity contribution in [1.82, 2.24) is 10.2 Å². The van der Waals surface area contributed by atoms with Gasteiger partial charge in [-0.3, -0.25) is 19.3 Å². The highest BCUT2D eigenvalue weighted by Crippen LogP contribution is 2.33. The second kappa shape index (κ2) is 7.30. The van der Waals surface area contributed by atoms with Gasteiger partial charge in [0.2, 0.25) is 0 Å². The quantitative estimate of drug-likeness (QED) is 0.398. The molecule has 1 aliphatic rings. The number of allylic oxidation sites excluding steroid dienone is 1. The summed E-state index contributed by atoms with van der Waals surface area (Å²) in [5.74, 6) is -2.91. The maximum absolute atomic E-state index is 12.1. The molecule has 0 saturated carbocycles. The Bertz CT molecular complexity index is 541. The summed E-state index contributed by atoms with van der Waals surface area (Å²) in [4.78, 5) is 46.8. The lowest BCUT2D eigenvalue weighted by molar-refractivity contribution is -0.152. The molecule has 1 rings (SSSR count). The lowest BCUT2D eigenvalue weighted by Crippen LogP contribution is -2.69. The molecule has 2 atom stereocenters. The van der Waals surface area contributed by atoms with E-state index in [1.807, 2.05) is 0 Å². The van der Waals surface area contributed by atoms with Gasteiger partial charge in [0, 0.05) is 6.92 Å². The Kier molecular flexibility index (Phi) is 5.98. The molecule has 9 heteroatoms. The Balaban J connectivity index is 2.81. The van der Waals surface area contributed by atoms with Crippen LogP contribution in [0.2, 0.25) is 0 Å². The Morgan fingerprint density at radius 3 is 2.32 bits per heavy atom. The normalized spacial score (nSPS) is 20.0. The first-order chi connectivity index (χ1) is 10.2. The van der Waals surface area contributed by atoms with Gasteiger partial charge in [-0.15, -0.1) is 11.8 Å². The molecule has 1 saturated heterocycles. The van der Waals surface area contributed by atoms with Crippen LogP contribution in [-0.4, -0.2) is 58.0 Å². The van der Waals surface area contributed by atoms with Crippen molar-refractivity contribution < 1.29 is 29.0 Å². The van der Waals surface area contributed by atoms with E-state index in [4.69, 9.17) is 0 Å². The standard InChI is InChI=1S/C13H18N2O6S/c1-6(2)10(13(19)20)15-11(18)9(12(15)22-4)14-8(17)5-21-7(3)16/h9,12H,5H2,1-4H3,(H,14,17)(H,19,20)/t9-,12-/m1/s1. The highest BCUT2D eigenvalue weighted by Gasteiger charge is 2.51. The van der Waals surface area contributed by atoms with Gasteiger partial charge in [0.25, 0.3) is 11.8 Å². The van der Waals surface area contributed by atoms with Gasteiger partial charge in [-0.25, -0.2) is 4.79 Å². The van der Waals surface area contributed by atoms with E-state index in [1.54, 1.807) is 20.1 Å².